The Morgan fingerprint density at radius 1 is 1.05 bits per heavy atom. The van der Waals surface area contributed by atoms with Gasteiger partial charge in [-0.2, -0.15) is 0 Å². The van der Waals surface area contributed by atoms with Gasteiger partial charge < -0.3 is 20.1 Å². The van der Waals surface area contributed by atoms with Gasteiger partial charge in [-0.15, -0.1) is 0 Å². The molecular formula is C31H32ClN5OS. The second-order valence-corrected chi connectivity index (χ2v) is 10.9. The van der Waals surface area contributed by atoms with Crippen LogP contribution in [0.1, 0.15) is 52.3 Å². The van der Waals surface area contributed by atoms with Gasteiger partial charge in [0.15, 0.2) is 5.11 Å². The molecule has 1 amide bonds. The first kappa shape index (κ1) is 26.9. The molecule has 200 valence electrons. The third-order valence-corrected chi connectivity index (χ3v) is 7.90. The fraction of sp³-hybridized carbons (Fsp3) is 0.258. The lowest BCUT2D eigenvalue weighted by Gasteiger charge is -2.28. The lowest BCUT2D eigenvalue weighted by molar-refractivity contribution is -0.116. The van der Waals surface area contributed by atoms with Gasteiger partial charge in [0.25, 0.3) is 0 Å². The van der Waals surface area contributed by atoms with Crippen LogP contribution in [0.2, 0.25) is 5.02 Å². The number of carbonyl (C=O) groups excluding carboxylic acids is 1. The first-order chi connectivity index (χ1) is 18.7. The van der Waals surface area contributed by atoms with Crippen LogP contribution in [-0.2, 0) is 4.79 Å². The molecule has 6 nitrogen and oxygen atoms in total. The maximum absolute atomic E-state index is 12.9. The van der Waals surface area contributed by atoms with Crippen LogP contribution >= 0.6 is 23.8 Å². The first-order valence-electron chi connectivity index (χ1n) is 13.0. The maximum Gasteiger partial charge on any atom is 0.226 e. The van der Waals surface area contributed by atoms with Gasteiger partial charge in [-0.05, 0) is 93.5 Å². The Bertz CT molecular complexity index is 1520. The summed E-state index contributed by atoms with van der Waals surface area (Å²) < 4.78 is 2.25. The van der Waals surface area contributed by atoms with Crippen LogP contribution in [0.5, 0.6) is 0 Å². The van der Waals surface area contributed by atoms with E-state index in [4.69, 9.17) is 23.8 Å². The van der Waals surface area contributed by atoms with Gasteiger partial charge >= 0.3 is 0 Å². The third kappa shape index (κ3) is 5.56. The zero-order valence-electron chi connectivity index (χ0n) is 22.5. The lowest BCUT2D eigenvalue weighted by atomic mass is 9.96. The van der Waals surface area contributed by atoms with Crippen molar-refractivity contribution < 1.29 is 4.79 Å². The average Bonchev–Trinajstić information content (AvgIpc) is 3.40. The number of thiocarbonyl (C=S) groups is 1. The van der Waals surface area contributed by atoms with Gasteiger partial charge in [-0.1, -0.05) is 41.4 Å². The molecule has 0 radical (unpaired) electrons. The van der Waals surface area contributed by atoms with Gasteiger partial charge in [0, 0.05) is 46.9 Å². The molecule has 0 bridgehead atoms. The molecule has 2 aromatic carbocycles. The lowest BCUT2D eigenvalue weighted by Crippen LogP contribution is -2.32. The number of aryl methyl sites for hydroxylation is 3. The Balaban J connectivity index is 1.48. The summed E-state index contributed by atoms with van der Waals surface area (Å²) in [6, 6.07) is 21.6. The molecule has 1 aliphatic heterocycles. The van der Waals surface area contributed by atoms with E-state index in [1.54, 1.807) is 6.20 Å². The highest BCUT2D eigenvalue weighted by atomic mass is 35.5. The number of nitrogens with one attached hydrogen (secondary N) is 2. The zero-order chi connectivity index (χ0) is 27.7. The van der Waals surface area contributed by atoms with E-state index in [2.05, 4.69) is 51.9 Å². The van der Waals surface area contributed by atoms with Crippen molar-refractivity contribution >= 4 is 40.5 Å². The van der Waals surface area contributed by atoms with Gasteiger partial charge in [0.2, 0.25) is 5.91 Å². The number of hydrogen-bond donors (Lipinski definition) is 2. The maximum atomic E-state index is 12.9. The summed E-state index contributed by atoms with van der Waals surface area (Å²) in [5, 5.41) is 7.81. The quantitative estimate of drug-likeness (QED) is 0.246. The summed E-state index contributed by atoms with van der Waals surface area (Å²) in [6.45, 7) is 8.81. The van der Waals surface area contributed by atoms with Gasteiger partial charge in [0.05, 0.1) is 17.8 Å². The Morgan fingerprint density at radius 2 is 1.82 bits per heavy atom. The average molecular weight is 558 g/mol. The normalized spacial score (nSPS) is 16.8. The molecular weight excluding hydrogens is 526 g/mol. The van der Waals surface area contributed by atoms with Gasteiger partial charge in [0.1, 0.15) is 0 Å². The SMILES string of the molecule is Cc1ccc(NC(=O)CCN2C(=S)N[C@H](c3ccccn3)[C@@H]2c2cc(C)n(-c3cc(Cl)ccc3C)c2C)cc1. The van der Waals surface area contributed by atoms with Crippen molar-refractivity contribution in [3.8, 4) is 5.69 Å². The summed E-state index contributed by atoms with van der Waals surface area (Å²) in [5.74, 6) is -0.0540. The van der Waals surface area contributed by atoms with Crippen molar-refractivity contribution in [1.82, 2.24) is 19.8 Å². The van der Waals surface area contributed by atoms with E-state index in [-0.39, 0.29) is 18.0 Å². The minimum absolute atomic E-state index is 0.0540. The molecule has 0 aliphatic carbocycles. The summed E-state index contributed by atoms with van der Waals surface area (Å²) >= 11 is 12.2. The van der Waals surface area contributed by atoms with Crippen molar-refractivity contribution in [1.29, 1.82) is 0 Å². The van der Waals surface area contributed by atoms with Crippen LogP contribution in [-0.4, -0.2) is 32.0 Å². The molecule has 1 fully saturated rings. The minimum Gasteiger partial charge on any atom is -0.352 e. The predicted octanol–water partition coefficient (Wildman–Crippen LogP) is 6.76. The van der Waals surface area contributed by atoms with Crippen LogP contribution in [0.4, 0.5) is 5.69 Å². The molecule has 1 saturated heterocycles. The molecule has 0 unspecified atom stereocenters. The summed E-state index contributed by atoms with van der Waals surface area (Å²) in [5.41, 5.74) is 8.36. The number of nitrogens with zero attached hydrogens (tertiary/aromatic N) is 3. The second kappa shape index (κ2) is 11.2. The van der Waals surface area contributed by atoms with E-state index < -0.39 is 0 Å². The minimum atomic E-state index is -0.159. The van der Waals surface area contributed by atoms with Crippen molar-refractivity contribution in [2.45, 2.75) is 46.2 Å². The van der Waals surface area contributed by atoms with Gasteiger partial charge in [-0.25, -0.2) is 0 Å². The van der Waals surface area contributed by atoms with Gasteiger partial charge in [-0.3, -0.25) is 9.78 Å². The fourth-order valence-electron chi connectivity index (χ4n) is 5.35. The second-order valence-electron chi connectivity index (χ2n) is 10.1. The fourth-order valence-corrected chi connectivity index (χ4v) is 5.85. The van der Waals surface area contributed by atoms with E-state index in [9.17, 15) is 4.79 Å². The number of carbonyl (C=O) groups is 1. The first-order valence-corrected chi connectivity index (χ1v) is 13.8. The molecule has 8 heteroatoms. The molecule has 2 aromatic heterocycles. The Hall–Kier alpha value is -3.68. The van der Waals surface area contributed by atoms with Crippen LogP contribution in [0.15, 0.2) is 72.9 Å². The number of rotatable bonds is 7. The van der Waals surface area contributed by atoms with Crippen LogP contribution in [0, 0.1) is 27.7 Å². The monoisotopic (exact) mass is 557 g/mol. The smallest absolute Gasteiger partial charge is 0.226 e. The van der Waals surface area contributed by atoms with E-state index in [0.717, 1.165) is 45.1 Å². The van der Waals surface area contributed by atoms with E-state index in [0.29, 0.717) is 23.1 Å². The summed E-state index contributed by atoms with van der Waals surface area (Å²) in [7, 11) is 0. The summed E-state index contributed by atoms with van der Waals surface area (Å²) in [6.07, 6.45) is 2.10. The number of amides is 1. The topological polar surface area (TPSA) is 62.2 Å². The van der Waals surface area contributed by atoms with Crippen LogP contribution < -0.4 is 10.6 Å². The highest BCUT2D eigenvalue weighted by Gasteiger charge is 2.41. The predicted molar refractivity (Wildman–Crippen MR) is 162 cm³/mol. The molecule has 4 aromatic rings. The molecule has 2 atom stereocenters. The Labute approximate surface area is 240 Å². The van der Waals surface area contributed by atoms with Crippen LogP contribution in [0.3, 0.4) is 0 Å². The largest absolute Gasteiger partial charge is 0.352 e. The Kier molecular flexibility index (Phi) is 7.73. The van der Waals surface area contributed by atoms with Crippen molar-refractivity contribution in [2.24, 2.45) is 0 Å². The van der Waals surface area contributed by atoms with Crippen molar-refractivity contribution in [3.05, 3.63) is 112 Å². The molecule has 1 aliphatic rings. The third-order valence-electron chi connectivity index (χ3n) is 7.31. The number of pyridine rings is 1. The summed E-state index contributed by atoms with van der Waals surface area (Å²) in [4.78, 5) is 19.7. The molecule has 3 heterocycles. The van der Waals surface area contributed by atoms with Crippen LogP contribution in [0.25, 0.3) is 5.69 Å². The standard InChI is InChI=1S/C31H32ClN5OS/c1-19-8-12-24(13-9-19)34-28(38)14-16-36-30(29(35-31(36)39)26-7-5-6-15-33-26)25-17-21(3)37(22(25)4)27-18-23(32)11-10-20(27)2/h5-13,15,17-18,29-30H,14,16H2,1-4H3,(H,34,38)(H,35,39)/t29-,30+/m1/s1. The molecule has 39 heavy (non-hydrogen) atoms. The number of aromatic nitrogens is 2. The highest BCUT2D eigenvalue weighted by molar-refractivity contribution is 7.80. The molecule has 0 saturated carbocycles. The van der Waals surface area contributed by atoms with E-state index in [1.165, 1.54) is 0 Å². The van der Waals surface area contributed by atoms with E-state index in [1.807, 2.05) is 67.6 Å². The number of benzene rings is 2. The highest BCUT2D eigenvalue weighted by Crippen LogP contribution is 2.41. The molecule has 5 rings (SSSR count). The zero-order valence-corrected chi connectivity index (χ0v) is 24.1. The number of halogens is 1. The number of anilines is 1. The molecule has 2 N–H and O–H groups in total. The number of hydrogen-bond acceptors (Lipinski definition) is 3. The Morgan fingerprint density at radius 3 is 2.54 bits per heavy atom. The van der Waals surface area contributed by atoms with E-state index >= 15 is 0 Å². The van der Waals surface area contributed by atoms with Crippen molar-refractivity contribution in [2.75, 3.05) is 11.9 Å². The van der Waals surface area contributed by atoms with Crippen molar-refractivity contribution in [3.63, 3.8) is 0 Å². The molecule has 0 spiro atoms.